The van der Waals surface area contributed by atoms with E-state index in [0.29, 0.717) is 35.2 Å². The quantitative estimate of drug-likeness (QED) is 0.602. The fourth-order valence-electron chi connectivity index (χ4n) is 4.46. The number of hydrogen-bond acceptors (Lipinski definition) is 5. The van der Waals surface area contributed by atoms with Crippen LogP contribution in [0.2, 0.25) is 0 Å². The fraction of sp³-hybridized carbons (Fsp3) is 0.407. The predicted octanol–water partition coefficient (Wildman–Crippen LogP) is 4.72. The van der Waals surface area contributed by atoms with Crippen LogP contribution in [-0.4, -0.2) is 55.1 Å². The number of amides is 2. The van der Waals surface area contributed by atoms with E-state index in [0.717, 1.165) is 31.5 Å². The lowest BCUT2D eigenvalue weighted by Crippen LogP contribution is -2.50. The molecule has 1 saturated heterocycles. The van der Waals surface area contributed by atoms with E-state index in [4.69, 9.17) is 9.47 Å². The van der Waals surface area contributed by atoms with Gasteiger partial charge < -0.3 is 14.8 Å². The van der Waals surface area contributed by atoms with Crippen molar-refractivity contribution < 1.29 is 19.1 Å². The first-order chi connectivity index (χ1) is 16.5. The molecule has 0 bridgehead atoms. The number of carbonyl (C=O) groups is 2. The Kier molecular flexibility index (Phi) is 7.53. The van der Waals surface area contributed by atoms with Crippen molar-refractivity contribution >= 4 is 12.0 Å². The zero-order valence-corrected chi connectivity index (χ0v) is 20.1. The Morgan fingerprint density at radius 1 is 1.06 bits per heavy atom. The molecule has 2 aliphatic rings. The van der Waals surface area contributed by atoms with Crippen molar-refractivity contribution in [2.24, 2.45) is 5.92 Å². The third-order valence-electron chi connectivity index (χ3n) is 6.49. The first-order valence-corrected chi connectivity index (χ1v) is 12.0. The largest absolute Gasteiger partial charge is 0.463 e. The molecule has 1 N–H and O–H groups in total. The summed E-state index contributed by atoms with van der Waals surface area (Å²) in [5, 5.41) is 2.99. The number of likely N-dealkylation sites (tertiary alicyclic amines) is 1. The maximum absolute atomic E-state index is 13.2. The predicted molar refractivity (Wildman–Crippen MR) is 130 cm³/mol. The molecule has 2 amide bonds. The molecule has 7 nitrogen and oxygen atoms in total. The summed E-state index contributed by atoms with van der Waals surface area (Å²) >= 11 is 0. The van der Waals surface area contributed by atoms with Crippen LogP contribution in [-0.2, 0) is 9.53 Å². The zero-order valence-electron chi connectivity index (χ0n) is 20.1. The molecule has 0 aliphatic carbocycles. The van der Waals surface area contributed by atoms with Crippen LogP contribution in [0, 0.1) is 5.92 Å². The molecule has 0 aromatic heterocycles. The summed E-state index contributed by atoms with van der Waals surface area (Å²) in [7, 11) is 1.71. The molecule has 0 saturated carbocycles. The van der Waals surface area contributed by atoms with Crippen LogP contribution in [0.1, 0.15) is 38.3 Å². The van der Waals surface area contributed by atoms with E-state index in [2.05, 4.69) is 17.1 Å². The molecule has 34 heavy (non-hydrogen) atoms. The van der Waals surface area contributed by atoms with Crippen LogP contribution in [0.4, 0.5) is 4.79 Å². The number of hydrogen-bond donors (Lipinski definition) is 1. The highest BCUT2D eigenvalue weighted by Gasteiger charge is 2.37. The number of urea groups is 1. The third-order valence-corrected chi connectivity index (χ3v) is 6.49. The van der Waals surface area contributed by atoms with Gasteiger partial charge in [0, 0.05) is 19.3 Å². The molecule has 7 heteroatoms. The second-order valence-corrected chi connectivity index (χ2v) is 8.97. The zero-order chi connectivity index (χ0) is 24.1. The Hall–Kier alpha value is -3.32. The van der Waals surface area contributed by atoms with Gasteiger partial charge in [0.25, 0.3) is 0 Å². The van der Waals surface area contributed by atoms with Crippen LogP contribution in [0.3, 0.4) is 0 Å². The Labute approximate surface area is 201 Å². The number of carbonyl (C=O) groups excluding carboxylic acids is 2. The number of benzene rings is 2. The number of para-hydroxylation sites is 1. The standard InChI is InChI=1S/C27H33N3O4/c1-4-33-26(31)24-23(18-30-15-13-19(2)14-16-30)29(3)27(32)28-25(24)20-9-8-12-22(17-20)34-21-10-6-5-7-11-21/h5-12,17,19,25H,4,13-16,18H2,1-3H3,(H,28,32)/t25-/m1/s1. The number of likely N-dealkylation sites (N-methyl/N-ethyl adjacent to an activating group) is 1. The monoisotopic (exact) mass is 463 g/mol. The van der Waals surface area contributed by atoms with E-state index in [1.54, 1.807) is 18.9 Å². The van der Waals surface area contributed by atoms with E-state index in [9.17, 15) is 9.59 Å². The minimum Gasteiger partial charge on any atom is -0.463 e. The van der Waals surface area contributed by atoms with E-state index in [-0.39, 0.29) is 12.6 Å². The maximum atomic E-state index is 13.2. The number of rotatable bonds is 7. The summed E-state index contributed by atoms with van der Waals surface area (Å²) in [6.07, 6.45) is 2.22. The van der Waals surface area contributed by atoms with Gasteiger partial charge in [-0.25, -0.2) is 9.59 Å². The molecule has 180 valence electrons. The molecule has 0 spiro atoms. The van der Waals surface area contributed by atoms with Gasteiger partial charge in [-0.05, 0) is 68.6 Å². The fourth-order valence-corrected chi connectivity index (χ4v) is 4.46. The van der Waals surface area contributed by atoms with Gasteiger partial charge in [-0.3, -0.25) is 9.80 Å². The number of ether oxygens (including phenoxy) is 2. The van der Waals surface area contributed by atoms with Gasteiger partial charge in [-0.2, -0.15) is 0 Å². The third kappa shape index (κ3) is 5.42. The number of esters is 1. The summed E-state index contributed by atoms with van der Waals surface area (Å²) in [4.78, 5) is 30.0. The Bertz CT molecular complexity index is 1040. The molecule has 2 aliphatic heterocycles. The van der Waals surface area contributed by atoms with Crippen molar-refractivity contribution in [2.75, 3.05) is 33.3 Å². The normalized spacial score (nSPS) is 19.7. The summed E-state index contributed by atoms with van der Waals surface area (Å²) < 4.78 is 11.5. The Morgan fingerprint density at radius 3 is 2.47 bits per heavy atom. The van der Waals surface area contributed by atoms with Crippen molar-refractivity contribution in [3.8, 4) is 11.5 Å². The second kappa shape index (κ2) is 10.7. The average Bonchev–Trinajstić information content (AvgIpc) is 2.84. The lowest BCUT2D eigenvalue weighted by Gasteiger charge is -2.38. The van der Waals surface area contributed by atoms with Crippen LogP contribution in [0.5, 0.6) is 11.5 Å². The van der Waals surface area contributed by atoms with Gasteiger partial charge in [0.1, 0.15) is 11.5 Å². The van der Waals surface area contributed by atoms with Crippen LogP contribution in [0.15, 0.2) is 65.9 Å². The molecule has 1 fully saturated rings. The highest BCUT2D eigenvalue weighted by Crippen LogP contribution is 2.34. The maximum Gasteiger partial charge on any atom is 0.338 e. The molecule has 2 aromatic carbocycles. The molecule has 0 radical (unpaired) electrons. The van der Waals surface area contributed by atoms with Gasteiger partial charge in [-0.1, -0.05) is 37.3 Å². The van der Waals surface area contributed by atoms with Gasteiger partial charge in [0.15, 0.2) is 0 Å². The van der Waals surface area contributed by atoms with Crippen LogP contribution >= 0.6 is 0 Å². The Morgan fingerprint density at radius 2 is 1.76 bits per heavy atom. The summed E-state index contributed by atoms with van der Waals surface area (Å²) in [6.45, 7) is 6.74. The van der Waals surface area contributed by atoms with E-state index in [1.165, 1.54) is 0 Å². The van der Waals surface area contributed by atoms with E-state index >= 15 is 0 Å². The first kappa shape index (κ1) is 23.8. The number of nitrogens with zero attached hydrogens (tertiary/aromatic N) is 2. The van der Waals surface area contributed by atoms with Gasteiger partial charge in [-0.15, -0.1) is 0 Å². The average molecular weight is 464 g/mol. The molecule has 1 atom stereocenters. The topological polar surface area (TPSA) is 71.1 Å². The highest BCUT2D eigenvalue weighted by molar-refractivity contribution is 5.95. The van der Waals surface area contributed by atoms with Gasteiger partial charge in [0.2, 0.25) is 0 Å². The van der Waals surface area contributed by atoms with Crippen LogP contribution < -0.4 is 10.1 Å². The van der Waals surface area contributed by atoms with Crippen molar-refractivity contribution in [1.29, 1.82) is 0 Å². The second-order valence-electron chi connectivity index (χ2n) is 8.97. The van der Waals surface area contributed by atoms with Crippen molar-refractivity contribution in [2.45, 2.75) is 32.7 Å². The lowest BCUT2D eigenvalue weighted by atomic mass is 9.93. The summed E-state index contributed by atoms with van der Waals surface area (Å²) in [5.41, 5.74) is 1.93. The molecule has 2 heterocycles. The smallest absolute Gasteiger partial charge is 0.338 e. The molecule has 4 rings (SSSR count). The van der Waals surface area contributed by atoms with E-state index < -0.39 is 12.0 Å². The van der Waals surface area contributed by atoms with Crippen molar-refractivity contribution in [3.05, 3.63) is 71.4 Å². The number of nitrogens with one attached hydrogen (secondary N) is 1. The molecular formula is C27H33N3O4. The van der Waals surface area contributed by atoms with Gasteiger partial charge >= 0.3 is 12.0 Å². The van der Waals surface area contributed by atoms with Crippen molar-refractivity contribution in [3.63, 3.8) is 0 Å². The molecule has 2 aromatic rings. The molecule has 0 unspecified atom stereocenters. The minimum absolute atomic E-state index is 0.243. The van der Waals surface area contributed by atoms with Crippen molar-refractivity contribution in [1.82, 2.24) is 15.1 Å². The van der Waals surface area contributed by atoms with Crippen LogP contribution in [0.25, 0.3) is 0 Å². The summed E-state index contributed by atoms with van der Waals surface area (Å²) in [5.74, 6) is 1.64. The molecular weight excluding hydrogens is 430 g/mol. The minimum atomic E-state index is -0.624. The SMILES string of the molecule is CCOC(=O)C1=C(CN2CCC(C)CC2)N(C)C(=O)N[C@@H]1c1cccc(Oc2ccccc2)c1. The van der Waals surface area contributed by atoms with Gasteiger partial charge in [0.05, 0.1) is 18.2 Å². The first-order valence-electron chi connectivity index (χ1n) is 12.0. The highest BCUT2D eigenvalue weighted by atomic mass is 16.5. The number of piperidine rings is 1. The summed E-state index contributed by atoms with van der Waals surface area (Å²) in [6, 6.07) is 16.1. The Balaban J connectivity index is 1.69. The lowest BCUT2D eigenvalue weighted by molar-refractivity contribution is -0.139. The van der Waals surface area contributed by atoms with E-state index in [1.807, 2.05) is 54.6 Å².